The van der Waals surface area contributed by atoms with Crippen LogP contribution in [-0.2, 0) is 9.47 Å². The number of morpholine rings is 1. The highest BCUT2D eigenvalue weighted by molar-refractivity contribution is 5.19. The van der Waals surface area contributed by atoms with Crippen LogP contribution in [0, 0.1) is 11.7 Å². The highest BCUT2D eigenvalue weighted by Crippen LogP contribution is 2.26. The van der Waals surface area contributed by atoms with Crippen molar-refractivity contribution < 1.29 is 13.9 Å². The molecule has 2 aliphatic rings. The van der Waals surface area contributed by atoms with Gasteiger partial charge in [-0.25, -0.2) is 4.39 Å². The summed E-state index contributed by atoms with van der Waals surface area (Å²) in [6.45, 7) is 6.45. The van der Waals surface area contributed by atoms with Gasteiger partial charge in [-0.3, -0.25) is 4.90 Å². The average Bonchev–Trinajstić information content (AvgIpc) is 2.57. The molecule has 0 bridgehead atoms. The molecule has 0 amide bonds. The number of benzene rings is 1. The molecule has 1 aliphatic heterocycles. The Morgan fingerprint density at radius 2 is 2.17 bits per heavy atom. The summed E-state index contributed by atoms with van der Waals surface area (Å²) in [4.78, 5) is 2.37. The molecule has 4 heteroatoms. The number of ether oxygens (including phenoxy) is 2. The number of rotatable bonds is 5. The van der Waals surface area contributed by atoms with Crippen molar-refractivity contribution in [3.63, 3.8) is 0 Å². The van der Waals surface area contributed by atoms with E-state index in [2.05, 4.69) is 11.8 Å². The first-order chi connectivity index (χ1) is 11.2. The van der Waals surface area contributed by atoms with E-state index in [0.29, 0.717) is 18.6 Å². The molecule has 1 aromatic carbocycles. The predicted molar refractivity (Wildman–Crippen MR) is 88.9 cm³/mol. The van der Waals surface area contributed by atoms with Crippen molar-refractivity contribution in [3.8, 4) is 0 Å². The highest BCUT2D eigenvalue weighted by atomic mass is 19.1. The lowest BCUT2D eigenvalue weighted by molar-refractivity contribution is -0.0536. The van der Waals surface area contributed by atoms with Crippen LogP contribution in [0.15, 0.2) is 24.3 Å². The Balaban J connectivity index is 1.45. The third-order valence-corrected chi connectivity index (χ3v) is 5.14. The first kappa shape index (κ1) is 16.9. The van der Waals surface area contributed by atoms with Crippen LogP contribution in [0.1, 0.15) is 44.3 Å². The summed E-state index contributed by atoms with van der Waals surface area (Å²) < 4.78 is 25.3. The zero-order valence-corrected chi connectivity index (χ0v) is 14.0. The normalized spacial score (nSPS) is 29.6. The van der Waals surface area contributed by atoms with Crippen molar-refractivity contribution in [2.45, 2.75) is 44.8 Å². The average molecular weight is 321 g/mol. The van der Waals surface area contributed by atoms with Gasteiger partial charge in [0.1, 0.15) is 5.82 Å². The first-order valence-corrected chi connectivity index (χ1v) is 8.93. The quantitative estimate of drug-likeness (QED) is 0.823. The van der Waals surface area contributed by atoms with Crippen LogP contribution < -0.4 is 0 Å². The molecule has 1 aliphatic carbocycles. The fraction of sp³-hybridized carbons (Fsp3) is 0.684. The Morgan fingerprint density at radius 3 is 3.00 bits per heavy atom. The lowest BCUT2D eigenvalue weighted by Crippen LogP contribution is -2.41. The van der Waals surface area contributed by atoms with E-state index in [1.165, 1.54) is 31.7 Å². The summed E-state index contributed by atoms with van der Waals surface area (Å²) >= 11 is 0. The summed E-state index contributed by atoms with van der Waals surface area (Å²) in [5.74, 6) is 0.492. The van der Waals surface area contributed by atoms with Crippen molar-refractivity contribution in [2.75, 3.05) is 32.8 Å². The molecular weight excluding hydrogens is 293 g/mol. The summed E-state index contributed by atoms with van der Waals surface area (Å²) in [7, 11) is 0. The molecule has 3 nitrogen and oxygen atoms in total. The molecule has 1 saturated heterocycles. The van der Waals surface area contributed by atoms with Gasteiger partial charge in [0, 0.05) is 19.6 Å². The standard InChI is InChI=1S/C19H28FNO2/c1-15-5-2-3-8-18(15)22-11-9-21-10-12-23-19(14-21)16-6-4-7-17(20)13-16/h4,6-7,13,15,18-19H,2-3,5,8-12,14H2,1H3. The minimum absolute atomic E-state index is 0.0342. The van der Waals surface area contributed by atoms with E-state index < -0.39 is 0 Å². The maximum atomic E-state index is 13.4. The zero-order chi connectivity index (χ0) is 16.1. The largest absolute Gasteiger partial charge is 0.377 e. The van der Waals surface area contributed by atoms with E-state index in [1.807, 2.05) is 6.07 Å². The number of nitrogens with zero attached hydrogens (tertiary/aromatic N) is 1. The lowest BCUT2D eigenvalue weighted by atomic mass is 9.88. The van der Waals surface area contributed by atoms with Crippen molar-refractivity contribution in [1.29, 1.82) is 0 Å². The van der Waals surface area contributed by atoms with Gasteiger partial charge in [0.25, 0.3) is 0 Å². The second kappa shape index (κ2) is 8.22. The predicted octanol–water partition coefficient (Wildman–Crippen LogP) is 3.79. The molecule has 3 rings (SSSR count). The molecule has 23 heavy (non-hydrogen) atoms. The van der Waals surface area contributed by atoms with Crippen LogP contribution in [-0.4, -0.2) is 43.9 Å². The molecule has 0 radical (unpaired) electrons. The molecule has 128 valence electrons. The van der Waals surface area contributed by atoms with Gasteiger partial charge in [0.15, 0.2) is 0 Å². The molecule has 3 unspecified atom stereocenters. The van der Waals surface area contributed by atoms with Gasteiger partial charge in [-0.05, 0) is 36.5 Å². The van der Waals surface area contributed by atoms with Crippen LogP contribution in [0.2, 0.25) is 0 Å². The van der Waals surface area contributed by atoms with Crippen LogP contribution in [0.5, 0.6) is 0 Å². The number of hydrogen-bond donors (Lipinski definition) is 0. The summed E-state index contributed by atoms with van der Waals surface area (Å²) in [5, 5.41) is 0. The van der Waals surface area contributed by atoms with Gasteiger partial charge in [-0.15, -0.1) is 0 Å². The molecule has 0 aromatic heterocycles. The maximum absolute atomic E-state index is 13.4. The molecule has 2 fully saturated rings. The third kappa shape index (κ3) is 4.75. The molecule has 1 saturated carbocycles. The Kier molecular flexibility index (Phi) is 6.03. The fourth-order valence-corrected chi connectivity index (χ4v) is 3.68. The van der Waals surface area contributed by atoms with E-state index in [1.54, 1.807) is 12.1 Å². The molecule has 3 atom stereocenters. The molecule has 0 spiro atoms. The topological polar surface area (TPSA) is 21.7 Å². The SMILES string of the molecule is CC1CCCCC1OCCN1CCOC(c2cccc(F)c2)C1. The van der Waals surface area contributed by atoms with Gasteiger partial charge in [0.2, 0.25) is 0 Å². The molecular formula is C19H28FNO2. The van der Waals surface area contributed by atoms with E-state index in [0.717, 1.165) is 31.8 Å². The van der Waals surface area contributed by atoms with Crippen LogP contribution in [0.25, 0.3) is 0 Å². The van der Waals surface area contributed by atoms with Crippen LogP contribution >= 0.6 is 0 Å². The number of hydrogen-bond acceptors (Lipinski definition) is 3. The number of halogens is 1. The Morgan fingerprint density at radius 1 is 1.30 bits per heavy atom. The van der Waals surface area contributed by atoms with Gasteiger partial charge < -0.3 is 9.47 Å². The van der Waals surface area contributed by atoms with Crippen molar-refractivity contribution in [1.82, 2.24) is 4.90 Å². The monoisotopic (exact) mass is 321 g/mol. The zero-order valence-electron chi connectivity index (χ0n) is 14.0. The first-order valence-electron chi connectivity index (χ1n) is 8.93. The maximum Gasteiger partial charge on any atom is 0.123 e. The molecule has 1 aromatic rings. The van der Waals surface area contributed by atoms with E-state index in [-0.39, 0.29) is 11.9 Å². The molecule has 0 N–H and O–H groups in total. The smallest absolute Gasteiger partial charge is 0.123 e. The second-order valence-electron chi connectivity index (χ2n) is 6.89. The summed E-state index contributed by atoms with van der Waals surface area (Å²) in [6.07, 6.45) is 5.55. The van der Waals surface area contributed by atoms with Gasteiger partial charge in [-0.2, -0.15) is 0 Å². The van der Waals surface area contributed by atoms with E-state index in [4.69, 9.17) is 9.47 Å². The van der Waals surface area contributed by atoms with Crippen molar-refractivity contribution in [3.05, 3.63) is 35.6 Å². The van der Waals surface area contributed by atoms with Crippen molar-refractivity contribution >= 4 is 0 Å². The summed E-state index contributed by atoms with van der Waals surface area (Å²) in [6, 6.07) is 6.75. The highest BCUT2D eigenvalue weighted by Gasteiger charge is 2.24. The Bertz CT molecular complexity index is 496. The molecule has 1 heterocycles. The van der Waals surface area contributed by atoms with Gasteiger partial charge in [-0.1, -0.05) is 31.9 Å². The Labute approximate surface area is 138 Å². The van der Waals surface area contributed by atoms with Crippen molar-refractivity contribution in [2.24, 2.45) is 5.92 Å². The van der Waals surface area contributed by atoms with Crippen LogP contribution in [0.3, 0.4) is 0 Å². The van der Waals surface area contributed by atoms with Crippen LogP contribution in [0.4, 0.5) is 4.39 Å². The summed E-state index contributed by atoms with van der Waals surface area (Å²) in [5.41, 5.74) is 0.927. The fourth-order valence-electron chi connectivity index (χ4n) is 3.68. The lowest BCUT2D eigenvalue weighted by Gasteiger charge is -2.34. The van der Waals surface area contributed by atoms with E-state index >= 15 is 0 Å². The van der Waals surface area contributed by atoms with E-state index in [9.17, 15) is 4.39 Å². The minimum Gasteiger partial charge on any atom is -0.377 e. The van der Waals surface area contributed by atoms with Gasteiger partial charge >= 0.3 is 0 Å². The minimum atomic E-state index is -0.196. The van der Waals surface area contributed by atoms with Gasteiger partial charge in [0.05, 0.1) is 25.4 Å². The Hall–Kier alpha value is -0.970. The third-order valence-electron chi connectivity index (χ3n) is 5.14. The second-order valence-corrected chi connectivity index (χ2v) is 6.89.